The third-order valence-electron chi connectivity index (χ3n) is 8.45. The Morgan fingerprint density at radius 1 is 1.07 bits per heavy atom. The second-order valence-electron chi connectivity index (χ2n) is 13.5. The lowest BCUT2D eigenvalue weighted by Gasteiger charge is -2.36. The van der Waals surface area contributed by atoms with E-state index < -0.39 is 5.97 Å². The van der Waals surface area contributed by atoms with Crippen molar-refractivity contribution in [3.8, 4) is 17.1 Å². The minimum Gasteiger partial charge on any atom is -0.478 e. The van der Waals surface area contributed by atoms with E-state index in [0.717, 1.165) is 65.9 Å². The van der Waals surface area contributed by atoms with Crippen molar-refractivity contribution < 1.29 is 24.1 Å². The molecule has 0 amide bonds. The van der Waals surface area contributed by atoms with E-state index in [4.69, 9.17) is 24.2 Å². The van der Waals surface area contributed by atoms with Crippen LogP contribution >= 0.6 is 11.9 Å². The van der Waals surface area contributed by atoms with Crippen molar-refractivity contribution in [3.63, 3.8) is 0 Å². The van der Waals surface area contributed by atoms with Crippen LogP contribution in [0.1, 0.15) is 74.4 Å². The molecule has 0 bridgehead atoms. The van der Waals surface area contributed by atoms with Gasteiger partial charge in [0.2, 0.25) is 11.8 Å². The zero-order chi connectivity index (χ0) is 32.0. The maximum absolute atomic E-state index is 11.5. The highest BCUT2D eigenvalue weighted by Gasteiger charge is 2.40. The van der Waals surface area contributed by atoms with Gasteiger partial charge in [-0.05, 0) is 92.3 Å². The molecule has 1 saturated carbocycles. The molecular weight excluding hydrogens is 588 g/mol. The second-order valence-corrected chi connectivity index (χ2v) is 14.3. The standard InChI is InChI=1S/C35H46N4O5S/c1-23-8-6-9-24(2)31(23)29-19-30(38-33(37-29)39-45-28-11-7-10-26(18-28)32(40)41)42-22-27(20-34(3,4)5)36-21-25-12-14-35(15-13-25)43-16-17-44-35/h6-11,18-19,25,27,36H,12-17,20-22H2,1-5H3,(H,40,41)(H,37,38,39). The average Bonchev–Trinajstić information content (AvgIpc) is 3.45. The summed E-state index contributed by atoms with van der Waals surface area (Å²) < 4.78 is 21.5. The number of hydrogen-bond acceptors (Lipinski definition) is 9. The van der Waals surface area contributed by atoms with Crippen LogP contribution in [-0.4, -0.2) is 59.2 Å². The van der Waals surface area contributed by atoms with Crippen molar-refractivity contribution in [3.05, 3.63) is 65.2 Å². The van der Waals surface area contributed by atoms with Gasteiger partial charge in [-0.2, -0.15) is 4.98 Å². The second kappa shape index (κ2) is 14.5. The molecule has 2 aromatic carbocycles. The van der Waals surface area contributed by atoms with E-state index in [0.29, 0.717) is 37.6 Å². The molecule has 1 aliphatic carbocycles. The van der Waals surface area contributed by atoms with Gasteiger partial charge < -0.3 is 24.6 Å². The fourth-order valence-corrected chi connectivity index (χ4v) is 6.88. The Hall–Kier alpha value is -3.18. The van der Waals surface area contributed by atoms with Crippen LogP contribution in [0.4, 0.5) is 5.95 Å². The van der Waals surface area contributed by atoms with Crippen LogP contribution in [0.25, 0.3) is 11.3 Å². The van der Waals surface area contributed by atoms with E-state index in [1.807, 2.05) is 18.2 Å². The Kier molecular flexibility index (Phi) is 10.7. The van der Waals surface area contributed by atoms with Crippen molar-refractivity contribution in [2.24, 2.45) is 11.3 Å². The predicted octanol–water partition coefficient (Wildman–Crippen LogP) is 7.28. The van der Waals surface area contributed by atoms with Crippen LogP contribution < -0.4 is 14.8 Å². The lowest BCUT2D eigenvalue weighted by atomic mass is 9.84. The van der Waals surface area contributed by atoms with E-state index >= 15 is 0 Å². The van der Waals surface area contributed by atoms with Gasteiger partial charge in [0, 0.05) is 35.4 Å². The molecule has 1 saturated heterocycles. The van der Waals surface area contributed by atoms with E-state index in [1.54, 1.807) is 18.2 Å². The molecule has 3 N–H and O–H groups in total. The predicted molar refractivity (Wildman–Crippen MR) is 178 cm³/mol. The number of benzene rings is 2. The van der Waals surface area contributed by atoms with Gasteiger partial charge in [0.1, 0.15) is 6.61 Å². The van der Waals surface area contributed by atoms with Crippen molar-refractivity contribution >= 4 is 23.9 Å². The Balaban J connectivity index is 1.31. The van der Waals surface area contributed by atoms with Crippen LogP contribution in [-0.2, 0) is 9.47 Å². The first-order valence-corrected chi connectivity index (χ1v) is 16.7. The number of carboxylic acid groups (broad SMARTS) is 1. The fourth-order valence-electron chi connectivity index (χ4n) is 6.24. The molecule has 2 heterocycles. The molecule has 0 radical (unpaired) electrons. The molecule has 10 heteroatoms. The van der Waals surface area contributed by atoms with Crippen molar-refractivity contribution in [2.45, 2.75) is 83.4 Å². The number of rotatable bonds is 12. The third kappa shape index (κ3) is 9.19. The molecule has 5 rings (SSSR count). The van der Waals surface area contributed by atoms with Gasteiger partial charge in [0.05, 0.1) is 24.5 Å². The number of anilines is 1. The summed E-state index contributed by atoms with van der Waals surface area (Å²) in [4.78, 5) is 21.7. The molecule has 1 aromatic heterocycles. The molecule has 9 nitrogen and oxygen atoms in total. The van der Waals surface area contributed by atoms with Gasteiger partial charge >= 0.3 is 5.97 Å². The molecule has 45 heavy (non-hydrogen) atoms. The summed E-state index contributed by atoms with van der Waals surface area (Å²) >= 11 is 1.27. The average molecular weight is 635 g/mol. The number of aromatic carboxylic acids is 1. The minimum absolute atomic E-state index is 0.117. The minimum atomic E-state index is -0.968. The van der Waals surface area contributed by atoms with Crippen molar-refractivity contribution in [1.29, 1.82) is 0 Å². The number of aryl methyl sites for hydroxylation is 2. The number of hydrogen-bond donors (Lipinski definition) is 3. The van der Waals surface area contributed by atoms with Crippen LogP contribution in [0.15, 0.2) is 53.4 Å². The molecule has 1 aliphatic heterocycles. The van der Waals surface area contributed by atoms with Gasteiger partial charge in [-0.1, -0.05) is 45.0 Å². The third-order valence-corrected chi connectivity index (χ3v) is 9.22. The van der Waals surface area contributed by atoms with Gasteiger partial charge in [-0.25, -0.2) is 9.78 Å². The Morgan fingerprint density at radius 3 is 2.42 bits per heavy atom. The van der Waals surface area contributed by atoms with Crippen LogP contribution in [0.2, 0.25) is 0 Å². The Bertz CT molecular complexity index is 1440. The first-order chi connectivity index (χ1) is 21.5. The molecule has 2 fully saturated rings. The Labute approximate surface area is 271 Å². The number of nitrogens with one attached hydrogen (secondary N) is 2. The lowest BCUT2D eigenvalue weighted by Crippen LogP contribution is -2.43. The summed E-state index contributed by atoms with van der Waals surface area (Å²) in [5.41, 5.74) is 4.38. The largest absolute Gasteiger partial charge is 0.478 e. The number of carboxylic acids is 1. The summed E-state index contributed by atoms with van der Waals surface area (Å²) in [6, 6.07) is 15.0. The molecule has 242 valence electrons. The first-order valence-electron chi connectivity index (χ1n) is 15.8. The highest BCUT2D eigenvalue weighted by molar-refractivity contribution is 8.00. The first kappa shape index (κ1) is 33.2. The zero-order valence-corrected chi connectivity index (χ0v) is 27.8. The number of ether oxygens (including phenoxy) is 3. The SMILES string of the molecule is Cc1cccc(C)c1-c1cc(OCC(CC(C)(C)C)NCC2CCC3(CC2)OCCO3)nc(NSc2cccc(C(=O)O)c2)n1. The van der Waals surface area contributed by atoms with Crippen LogP contribution in [0, 0.1) is 25.2 Å². The monoisotopic (exact) mass is 634 g/mol. The van der Waals surface area contributed by atoms with Crippen LogP contribution in [0.5, 0.6) is 5.88 Å². The van der Waals surface area contributed by atoms with E-state index in [9.17, 15) is 9.90 Å². The van der Waals surface area contributed by atoms with Gasteiger partial charge in [-0.3, -0.25) is 4.72 Å². The van der Waals surface area contributed by atoms with Crippen molar-refractivity contribution in [2.75, 3.05) is 31.1 Å². The van der Waals surface area contributed by atoms with Gasteiger partial charge in [0.25, 0.3) is 0 Å². The maximum Gasteiger partial charge on any atom is 0.335 e. The molecule has 2 aliphatic rings. The quantitative estimate of drug-likeness (QED) is 0.176. The topological polar surface area (TPSA) is 115 Å². The maximum atomic E-state index is 11.5. The van der Waals surface area contributed by atoms with Gasteiger partial charge in [-0.15, -0.1) is 0 Å². The molecule has 1 atom stereocenters. The number of carbonyl (C=O) groups is 1. The molecule has 1 unspecified atom stereocenters. The normalized spacial score (nSPS) is 17.4. The summed E-state index contributed by atoms with van der Waals surface area (Å²) in [7, 11) is 0. The summed E-state index contributed by atoms with van der Waals surface area (Å²) in [5, 5.41) is 13.2. The number of nitrogens with zero attached hydrogens (tertiary/aromatic N) is 2. The fraction of sp³-hybridized carbons (Fsp3) is 0.514. The highest BCUT2D eigenvalue weighted by Crippen LogP contribution is 2.38. The van der Waals surface area contributed by atoms with E-state index in [2.05, 4.69) is 56.8 Å². The van der Waals surface area contributed by atoms with Crippen LogP contribution in [0.3, 0.4) is 0 Å². The van der Waals surface area contributed by atoms with Crippen molar-refractivity contribution in [1.82, 2.24) is 15.3 Å². The summed E-state index contributed by atoms with van der Waals surface area (Å²) in [6.07, 6.45) is 5.03. The smallest absolute Gasteiger partial charge is 0.335 e. The summed E-state index contributed by atoms with van der Waals surface area (Å²) in [6.45, 7) is 13.7. The molecule has 1 spiro atoms. The Morgan fingerprint density at radius 2 is 1.76 bits per heavy atom. The molecular formula is C35H46N4O5S. The number of aromatic nitrogens is 2. The highest BCUT2D eigenvalue weighted by atomic mass is 32.2. The van der Waals surface area contributed by atoms with E-state index in [-0.39, 0.29) is 22.8 Å². The summed E-state index contributed by atoms with van der Waals surface area (Å²) in [5.74, 6) is 0.148. The van der Waals surface area contributed by atoms with Gasteiger partial charge in [0.15, 0.2) is 5.79 Å². The zero-order valence-electron chi connectivity index (χ0n) is 27.0. The lowest BCUT2D eigenvalue weighted by molar-refractivity contribution is -0.182. The van der Waals surface area contributed by atoms with E-state index in [1.165, 1.54) is 11.9 Å². The molecule has 3 aromatic rings.